The fraction of sp³-hybridized carbons (Fsp3) is 0.714. The van der Waals surface area contributed by atoms with Gasteiger partial charge in [-0.05, 0) is 6.92 Å². The molecular formula is C7H14N4O2. The van der Waals surface area contributed by atoms with Gasteiger partial charge in [-0.2, -0.15) is 0 Å². The Morgan fingerprint density at radius 3 is 2.31 bits per heavy atom. The monoisotopic (exact) mass is 186 g/mol. The van der Waals surface area contributed by atoms with E-state index >= 15 is 0 Å². The minimum Gasteiger partial charge on any atom is -0.411 e. The van der Waals surface area contributed by atoms with Crippen LogP contribution in [0.2, 0.25) is 0 Å². The van der Waals surface area contributed by atoms with E-state index in [4.69, 9.17) is 10.4 Å². The third kappa shape index (κ3) is 2.32. The summed E-state index contributed by atoms with van der Waals surface area (Å²) in [4.78, 5) is 1.87. The molecule has 1 aliphatic rings. The van der Waals surface area contributed by atoms with Crippen LogP contribution in [0, 0.1) is 0 Å². The topological polar surface area (TPSA) is 80.5 Å². The van der Waals surface area contributed by atoms with E-state index in [1.165, 1.54) is 0 Å². The van der Waals surface area contributed by atoms with Crippen molar-refractivity contribution in [2.24, 2.45) is 10.3 Å². The minimum absolute atomic E-state index is 0.324. The van der Waals surface area contributed by atoms with Crippen molar-refractivity contribution in [3.8, 4) is 0 Å². The standard InChI is InChI=1S/C7H14N4O2/c1-6(9-12)7(10-13)11-4-2-8-3-5-11/h8,12-13H,2-5H2,1H3/b9-6+,10-7+. The van der Waals surface area contributed by atoms with Crippen molar-refractivity contribution in [2.75, 3.05) is 26.2 Å². The molecule has 1 aliphatic heterocycles. The van der Waals surface area contributed by atoms with Gasteiger partial charge in [0.25, 0.3) is 0 Å². The van der Waals surface area contributed by atoms with Crippen LogP contribution in [0.3, 0.4) is 0 Å². The van der Waals surface area contributed by atoms with Crippen LogP contribution in [-0.4, -0.2) is 53.0 Å². The van der Waals surface area contributed by atoms with Gasteiger partial charge in [0.15, 0.2) is 5.84 Å². The van der Waals surface area contributed by atoms with Gasteiger partial charge in [0.1, 0.15) is 5.71 Å². The van der Waals surface area contributed by atoms with Crippen LogP contribution in [0.25, 0.3) is 0 Å². The maximum absolute atomic E-state index is 8.71. The number of rotatable bonds is 1. The van der Waals surface area contributed by atoms with Crippen LogP contribution in [0.5, 0.6) is 0 Å². The fourth-order valence-corrected chi connectivity index (χ4v) is 1.29. The van der Waals surface area contributed by atoms with Crippen molar-refractivity contribution >= 4 is 11.5 Å². The van der Waals surface area contributed by atoms with Gasteiger partial charge in [-0.15, -0.1) is 0 Å². The molecule has 1 heterocycles. The third-order valence-electron chi connectivity index (χ3n) is 1.98. The van der Waals surface area contributed by atoms with Crippen LogP contribution < -0.4 is 5.32 Å². The highest BCUT2D eigenvalue weighted by Crippen LogP contribution is 1.97. The largest absolute Gasteiger partial charge is 0.411 e. The molecule has 1 saturated heterocycles. The summed E-state index contributed by atoms with van der Waals surface area (Å²) in [5.41, 5.74) is 0.324. The number of hydrogen-bond acceptors (Lipinski definition) is 5. The first-order valence-electron chi connectivity index (χ1n) is 4.16. The van der Waals surface area contributed by atoms with Gasteiger partial charge >= 0.3 is 0 Å². The lowest BCUT2D eigenvalue weighted by Gasteiger charge is -2.28. The predicted molar refractivity (Wildman–Crippen MR) is 48.6 cm³/mol. The predicted octanol–water partition coefficient (Wildman–Crippen LogP) is -0.471. The summed E-state index contributed by atoms with van der Waals surface area (Å²) in [6, 6.07) is 0. The molecular weight excluding hydrogens is 172 g/mol. The minimum atomic E-state index is 0.324. The van der Waals surface area contributed by atoms with Gasteiger partial charge in [0.05, 0.1) is 0 Å². The van der Waals surface area contributed by atoms with E-state index in [0.29, 0.717) is 11.5 Å². The first-order chi connectivity index (χ1) is 6.29. The maximum atomic E-state index is 8.71. The second kappa shape index (κ2) is 4.66. The Bertz CT molecular complexity index is 221. The Labute approximate surface area is 76.5 Å². The lowest BCUT2D eigenvalue weighted by Crippen LogP contribution is -2.48. The summed E-state index contributed by atoms with van der Waals surface area (Å²) >= 11 is 0. The van der Waals surface area contributed by atoms with Gasteiger partial charge in [0, 0.05) is 26.2 Å². The van der Waals surface area contributed by atoms with Crippen LogP contribution in [0.4, 0.5) is 0 Å². The summed E-state index contributed by atoms with van der Waals surface area (Å²) in [5, 5.41) is 26.5. The van der Waals surface area contributed by atoms with E-state index in [2.05, 4.69) is 15.6 Å². The molecule has 6 heteroatoms. The summed E-state index contributed by atoms with van der Waals surface area (Å²) in [6.45, 7) is 4.80. The fourth-order valence-electron chi connectivity index (χ4n) is 1.29. The first kappa shape index (κ1) is 9.79. The molecule has 3 N–H and O–H groups in total. The van der Waals surface area contributed by atoms with Gasteiger partial charge < -0.3 is 20.6 Å². The number of oxime groups is 2. The second-order valence-electron chi connectivity index (χ2n) is 2.85. The number of amidine groups is 1. The average Bonchev–Trinajstić information content (AvgIpc) is 2.20. The molecule has 1 rings (SSSR count). The van der Waals surface area contributed by atoms with Crippen LogP contribution in [0.1, 0.15) is 6.92 Å². The van der Waals surface area contributed by atoms with Crippen molar-refractivity contribution < 1.29 is 10.4 Å². The second-order valence-corrected chi connectivity index (χ2v) is 2.85. The summed E-state index contributed by atoms with van der Waals surface area (Å²) in [6.07, 6.45) is 0. The molecule has 0 atom stereocenters. The SMILES string of the molecule is CC(=N\O)/C(=N\O)N1CCNCC1. The summed E-state index contributed by atoms with van der Waals surface area (Å²) in [7, 11) is 0. The Hall–Kier alpha value is -1.30. The molecule has 6 nitrogen and oxygen atoms in total. The van der Waals surface area contributed by atoms with Gasteiger partial charge in [-0.25, -0.2) is 0 Å². The summed E-state index contributed by atoms with van der Waals surface area (Å²) < 4.78 is 0. The zero-order valence-corrected chi connectivity index (χ0v) is 7.56. The number of piperazine rings is 1. The number of nitrogens with one attached hydrogen (secondary N) is 1. The highest BCUT2D eigenvalue weighted by Gasteiger charge is 2.17. The Kier molecular flexibility index (Phi) is 3.51. The molecule has 0 radical (unpaired) electrons. The molecule has 74 valence electrons. The molecule has 0 bridgehead atoms. The van der Waals surface area contributed by atoms with Gasteiger partial charge in [-0.1, -0.05) is 10.3 Å². The average molecular weight is 186 g/mol. The lowest BCUT2D eigenvalue weighted by molar-refractivity contribution is 0.289. The molecule has 13 heavy (non-hydrogen) atoms. The molecule has 0 amide bonds. The van der Waals surface area contributed by atoms with E-state index in [-0.39, 0.29) is 0 Å². The Morgan fingerprint density at radius 2 is 1.85 bits per heavy atom. The smallest absolute Gasteiger partial charge is 0.192 e. The number of nitrogens with zero attached hydrogens (tertiary/aromatic N) is 3. The van der Waals surface area contributed by atoms with Crippen LogP contribution in [0.15, 0.2) is 10.3 Å². The molecule has 0 aliphatic carbocycles. The normalized spacial score (nSPS) is 20.5. The molecule has 0 unspecified atom stereocenters. The Balaban J connectivity index is 2.66. The van der Waals surface area contributed by atoms with Crippen LogP contribution in [-0.2, 0) is 0 Å². The molecule has 0 saturated carbocycles. The maximum Gasteiger partial charge on any atom is 0.192 e. The van der Waals surface area contributed by atoms with Crippen molar-refractivity contribution in [1.82, 2.24) is 10.2 Å². The van der Waals surface area contributed by atoms with Crippen molar-refractivity contribution in [3.05, 3.63) is 0 Å². The van der Waals surface area contributed by atoms with Crippen molar-refractivity contribution in [2.45, 2.75) is 6.92 Å². The van der Waals surface area contributed by atoms with Crippen molar-refractivity contribution in [3.63, 3.8) is 0 Å². The number of hydrogen-bond donors (Lipinski definition) is 3. The molecule has 0 aromatic heterocycles. The van der Waals surface area contributed by atoms with Crippen LogP contribution >= 0.6 is 0 Å². The van der Waals surface area contributed by atoms with E-state index in [1.54, 1.807) is 6.92 Å². The Morgan fingerprint density at radius 1 is 1.23 bits per heavy atom. The molecule has 0 aromatic carbocycles. The highest BCUT2D eigenvalue weighted by atomic mass is 16.4. The van der Waals surface area contributed by atoms with E-state index < -0.39 is 0 Å². The van der Waals surface area contributed by atoms with Crippen molar-refractivity contribution in [1.29, 1.82) is 0 Å². The zero-order valence-electron chi connectivity index (χ0n) is 7.56. The zero-order chi connectivity index (χ0) is 9.68. The van der Waals surface area contributed by atoms with Gasteiger partial charge in [-0.3, -0.25) is 0 Å². The molecule has 0 spiro atoms. The first-order valence-corrected chi connectivity index (χ1v) is 4.16. The van der Waals surface area contributed by atoms with Gasteiger partial charge in [0.2, 0.25) is 0 Å². The van der Waals surface area contributed by atoms with E-state index in [0.717, 1.165) is 26.2 Å². The third-order valence-corrected chi connectivity index (χ3v) is 1.98. The lowest BCUT2D eigenvalue weighted by atomic mass is 10.3. The van der Waals surface area contributed by atoms with E-state index in [9.17, 15) is 0 Å². The van der Waals surface area contributed by atoms with E-state index in [1.807, 2.05) is 4.90 Å². The molecule has 1 fully saturated rings. The highest BCUT2D eigenvalue weighted by molar-refractivity contribution is 6.40. The quantitative estimate of drug-likeness (QED) is 0.224. The summed E-state index contributed by atoms with van der Waals surface area (Å²) in [5.74, 6) is 0.337. The molecule has 0 aromatic rings.